The van der Waals surface area contributed by atoms with Crippen molar-refractivity contribution in [2.45, 2.75) is 19.3 Å². The van der Waals surface area contributed by atoms with Gasteiger partial charge in [0.25, 0.3) is 5.91 Å². The smallest absolute Gasteiger partial charge is 0.254 e. The summed E-state index contributed by atoms with van der Waals surface area (Å²) < 4.78 is 0. The van der Waals surface area contributed by atoms with Gasteiger partial charge in [0.05, 0.1) is 0 Å². The Morgan fingerprint density at radius 1 is 0.917 bits per heavy atom. The minimum atomic E-state index is 0. The molecule has 1 N–H and O–H groups in total. The van der Waals surface area contributed by atoms with Gasteiger partial charge in [-0.2, -0.15) is 0 Å². The summed E-state index contributed by atoms with van der Waals surface area (Å²) in [5, 5.41) is 3.35. The molecule has 1 saturated heterocycles. The lowest BCUT2D eigenvalue weighted by atomic mass is 9.99. The highest BCUT2D eigenvalue weighted by atomic mass is 35.5. The van der Waals surface area contributed by atoms with Crippen LogP contribution in [0.5, 0.6) is 0 Å². The molecule has 0 radical (unpaired) electrons. The van der Waals surface area contributed by atoms with Crippen LogP contribution in [-0.2, 0) is 12.8 Å². The van der Waals surface area contributed by atoms with E-state index in [4.69, 9.17) is 0 Å². The summed E-state index contributed by atoms with van der Waals surface area (Å²) in [5.74, 6) is 0.178. The molecule has 1 amide bonds. The molecule has 128 valence electrons. The number of rotatable bonds is 4. The molecule has 1 aliphatic heterocycles. The third kappa shape index (κ3) is 4.83. The van der Waals surface area contributed by atoms with Crippen molar-refractivity contribution in [2.75, 3.05) is 26.2 Å². The number of halogens is 1. The lowest BCUT2D eigenvalue weighted by Gasteiger charge is -2.21. The van der Waals surface area contributed by atoms with Crippen molar-refractivity contribution in [3.63, 3.8) is 0 Å². The van der Waals surface area contributed by atoms with Crippen molar-refractivity contribution < 1.29 is 4.79 Å². The number of aryl methyl sites for hydroxylation is 2. The van der Waals surface area contributed by atoms with Crippen molar-refractivity contribution in [3.8, 4) is 0 Å². The summed E-state index contributed by atoms with van der Waals surface area (Å²) in [4.78, 5) is 14.9. The molecule has 3 rings (SSSR count). The van der Waals surface area contributed by atoms with Crippen LogP contribution in [-0.4, -0.2) is 37.0 Å². The van der Waals surface area contributed by atoms with Crippen LogP contribution in [0.2, 0.25) is 0 Å². The second kappa shape index (κ2) is 9.45. The van der Waals surface area contributed by atoms with Crippen LogP contribution in [0.25, 0.3) is 0 Å². The van der Waals surface area contributed by atoms with Crippen molar-refractivity contribution in [1.29, 1.82) is 0 Å². The minimum absolute atomic E-state index is 0. The van der Waals surface area contributed by atoms with E-state index in [0.29, 0.717) is 0 Å². The van der Waals surface area contributed by atoms with Gasteiger partial charge in [0, 0.05) is 25.2 Å². The van der Waals surface area contributed by atoms with Crippen molar-refractivity contribution >= 4 is 18.3 Å². The van der Waals surface area contributed by atoms with E-state index >= 15 is 0 Å². The molecule has 0 atom stereocenters. The fourth-order valence-electron chi connectivity index (χ4n) is 3.09. The summed E-state index contributed by atoms with van der Waals surface area (Å²) in [6.07, 6.45) is 2.89. The second-order valence-electron chi connectivity index (χ2n) is 6.04. The van der Waals surface area contributed by atoms with E-state index < -0.39 is 0 Å². The summed E-state index contributed by atoms with van der Waals surface area (Å²) >= 11 is 0. The van der Waals surface area contributed by atoms with E-state index in [1.807, 2.05) is 29.2 Å². The van der Waals surface area contributed by atoms with Gasteiger partial charge in [-0.1, -0.05) is 48.5 Å². The molecule has 24 heavy (non-hydrogen) atoms. The van der Waals surface area contributed by atoms with Gasteiger partial charge in [-0.25, -0.2) is 0 Å². The number of hydrogen-bond acceptors (Lipinski definition) is 2. The van der Waals surface area contributed by atoms with Crippen LogP contribution in [0.15, 0.2) is 54.6 Å². The Balaban J connectivity index is 0.00000208. The number of hydrogen-bond donors (Lipinski definition) is 1. The number of benzene rings is 2. The van der Waals surface area contributed by atoms with Crippen molar-refractivity contribution in [3.05, 3.63) is 71.3 Å². The summed E-state index contributed by atoms with van der Waals surface area (Å²) in [5.41, 5.74) is 3.33. The van der Waals surface area contributed by atoms with Crippen LogP contribution >= 0.6 is 12.4 Å². The molecule has 0 saturated carbocycles. The maximum absolute atomic E-state index is 12.9. The number of carbonyl (C=O) groups excluding carboxylic acids is 1. The monoisotopic (exact) mass is 344 g/mol. The predicted molar refractivity (Wildman–Crippen MR) is 101 cm³/mol. The molecule has 0 aromatic heterocycles. The Kier molecular flexibility index (Phi) is 7.29. The van der Waals surface area contributed by atoms with Crippen LogP contribution in [0, 0.1) is 0 Å². The molecule has 1 heterocycles. The molecule has 0 bridgehead atoms. The topological polar surface area (TPSA) is 32.3 Å². The first-order valence-corrected chi connectivity index (χ1v) is 8.46. The molecular formula is C20H25ClN2O. The van der Waals surface area contributed by atoms with Gasteiger partial charge in [-0.15, -0.1) is 12.4 Å². The third-order valence-electron chi connectivity index (χ3n) is 4.40. The molecule has 2 aromatic carbocycles. The highest BCUT2D eigenvalue weighted by Crippen LogP contribution is 2.15. The SMILES string of the molecule is Cl.O=C(c1ccccc1CCc1ccccc1)N1CCCNCC1. The molecule has 3 nitrogen and oxygen atoms in total. The van der Waals surface area contributed by atoms with Gasteiger partial charge < -0.3 is 10.2 Å². The lowest BCUT2D eigenvalue weighted by Crippen LogP contribution is -2.34. The highest BCUT2D eigenvalue weighted by Gasteiger charge is 2.19. The standard InChI is InChI=1S/C20H24N2O.ClH/c23-20(22-15-6-13-21-14-16-22)19-10-5-4-9-18(19)12-11-17-7-2-1-3-8-17;/h1-5,7-10,21H,6,11-16H2;1H. The third-order valence-corrected chi connectivity index (χ3v) is 4.40. The Bertz CT molecular complexity index is 637. The van der Waals surface area contributed by atoms with E-state index in [0.717, 1.165) is 56.6 Å². The maximum atomic E-state index is 12.9. The first kappa shape index (κ1) is 18.5. The zero-order chi connectivity index (χ0) is 15.9. The second-order valence-corrected chi connectivity index (χ2v) is 6.04. The van der Waals surface area contributed by atoms with Crippen LogP contribution in [0.1, 0.15) is 27.9 Å². The molecule has 4 heteroatoms. The Hall–Kier alpha value is -1.84. The Morgan fingerprint density at radius 2 is 1.67 bits per heavy atom. The lowest BCUT2D eigenvalue weighted by molar-refractivity contribution is 0.0765. The fraction of sp³-hybridized carbons (Fsp3) is 0.350. The number of nitrogens with zero attached hydrogens (tertiary/aromatic N) is 1. The van der Waals surface area contributed by atoms with Gasteiger partial charge in [0.1, 0.15) is 0 Å². The van der Waals surface area contributed by atoms with Crippen molar-refractivity contribution in [2.24, 2.45) is 0 Å². The highest BCUT2D eigenvalue weighted by molar-refractivity contribution is 5.95. The zero-order valence-electron chi connectivity index (χ0n) is 13.9. The van der Waals surface area contributed by atoms with E-state index in [-0.39, 0.29) is 18.3 Å². The zero-order valence-corrected chi connectivity index (χ0v) is 14.7. The summed E-state index contributed by atoms with van der Waals surface area (Å²) in [7, 11) is 0. The van der Waals surface area contributed by atoms with E-state index in [9.17, 15) is 4.79 Å². The van der Waals surface area contributed by atoms with Crippen LogP contribution < -0.4 is 5.32 Å². The van der Waals surface area contributed by atoms with Gasteiger partial charge in [-0.05, 0) is 43.0 Å². The van der Waals surface area contributed by atoms with Crippen LogP contribution in [0.3, 0.4) is 0 Å². The molecular weight excluding hydrogens is 320 g/mol. The molecule has 0 aliphatic carbocycles. The van der Waals surface area contributed by atoms with E-state index in [1.165, 1.54) is 5.56 Å². The first-order valence-electron chi connectivity index (χ1n) is 8.46. The molecule has 2 aromatic rings. The van der Waals surface area contributed by atoms with Gasteiger partial charge in [0.2, 0.25) is 0 Å². The molecule has 0 spiro atoms. The molecule has 0 unspecified atom stereocenters. The number of carbonyl (C=O) groups is 1. The molecule has 1 aliphatic rings. The van der Waals surface area contributed by atoms with E-state index in [1.54, 1.807) is 0 Å². The first-order chi connectivity index (χ1) is 11.3. The normalized spacial score (nSPS) is 14.6. The summed E-state index contributed by atoms with van der Waals surface area (Å²) in [6, 6.07) is 18.5. The Labute approximate surface area is 150 Å². The average Bonchev–Trinajstić information content (AvgIpc) is 2.90. The quantitative estimate of drug-likeness (QED) is 0.922. The average molecular weight is 345 g/mol. The fourth-order valence-corrected chi connectivity index (χ4v) is 3.09. The van der Waals surface area contributed by atoms with Crippen molar-refractivity contribution in [1.82, 2.24) is 10.2 Å². The molecule has 1 fully saturated rings. The van der Waals surface area contributed by atoms with Gasteiger partial charge in [0.15, 0.2) is 0 Å². The van der Waals surface area contributed by atoms with Gasteiger partial charge in [-0.3, -0.25) is 4.79 Å². The summed E-state index contributed by atoms with van der Waals surface area (Å²) in [6.45, 7) is 3.53. The number of amides is 1. The largest absolute Gasteiger partial charge is 0.337 e. The van der Waals surface area contributed by atoms with E-state index in [2.05, 4.69) is 35.6 Å². The van der Waals surface area contributed by atoms with Gasteiger partial charge >= 0.3 is 0 Å². The number of nitrogens with one attached hydrogen (secondary N) is 1. The Morgan fingerprint density at radius 3 is 2.50 bits per heavy atom. The minimum Gasteiger partial charge on any atom is -0.337 e. The maximum Gasteiger partial charge on any atom is 0.254 e. The van der Waals surface area contributed by atoms with Crippen LogP contribution in [0.4, 0.5) is 0 Å². The predicted octanol–water partition coefficient (Wildman–Crippen LogP) is 3.33.